The minimum absolute atomic E-state index is 0.889. The van der Waals surface area contributed by atoms with Crippen LogP contribution in [0.5, 0.6) is 0 Å². The fourth-order valence-electron chi connectivity index (χ4n) is 3.15. The highest BCUT2D eigenvalue weighted by molar-refractivity contribution is 5.02. The van der Waals surface area contributed by atoms with Crippen molar-refractivity contribution in [2.45, 2.75) is 18.9 Å². The van der Waals surface area contributed by atoms with E-state index in [4.69, 9.17) is 0 Å². The second kappa shape index (κ2) is 2.46. The lowest BCUT2D eigenvalue weighted by Gasteiger charge is -2.17. The summed E-state index contributed by atoms with van der Waals surface area (Å²) in [6.07, 6.45) is 2.98. The molecule has 0 aromatic carbocycles. The standard InChI is InChI=1S/C10H18N2/c1-12-5-8-4-11-10(7-2-3-7)9(8)6-12/h7-11H,2-6H2,1H3/t8-,9+,10+/m0/s1. The third kappa shape index (κ3) is 1.01. The molecule has 0 aromatic heterocycles. The Morgan fingerprint density at radius 3 is 2.75 bits per heavy atom. The molecule has 2 aliphatic heterocycles. The summed E-state index contributed by atoms with van der Waals surface area (Å²) in [6, 6.07) is 0.889. The summed E-state index contributed by atoms with van der Waals surface area (Å²) in [4.78, 5) is 2.51. The average molecular weight is 166 g/mol. The lowest BCUT2D eigenvalue weighted by atomic mass is 9.92. The Labute approximate surface area is 74.3 Å². The van der Waals surface area contributed by atoms with Gasteiger partial charge in [0.25, 0.3) is 0 Å². The third-order valence-electron chi connectivity index (χ3n) is 3.88. The van der Waals surface area contributed by atoms with E-state index in [1.807, 2.05) is 0 Å². The molecule has 68 valence electrons. The Bertz CT molecular complexity index is 188. The molecule has 0 radical (unpaired) electrons. The van der Waals surface area contributed by atoms with Gasteiger partial charge in [-0.2, -0.15) is 0 Å². The predicted molar refractivity (Wildman–Crippen MR) is 49.0 cm³/mol. The van der Waals surface area contributed by atoms with Gasteiger partial charge in [-0.15, -0.1) is 0 Å². The predicted octanol–water partition coefficient (Wildman–Crippen LogP) is 0.546. The SMILES string of the molecule is CN1C[C@@H]2CN[C@H](C3CC3)[C@@H]2C1. The minimum Gasteiger partial charge on any atom is -0.313 e. The van der Waals surface area contributed by atoms with Crippen LogP contribution in [0.15, 0.2) is 0 Å². The highest BCUT2D eigenvalue weighted by atomic mass is 15.2. The topological polar surface area (TPSA) is 15.3 Å². The summed E-state index contributed by atoms with van der Waals surface area (Å²) in [7, 11) is 2.27. The van der Waals surface area contributed by atoms with Crippen molar-refractivity contribution in [1.82, 2.24) is 10.2 Å². The first-order valence-corrected chi connectivity index (χ1v) is 5.26. The normalized spacial score (nSPS) is 48.2. The van der Waals surface area contributed by atoms with E-state index in [-0.39, 0.29) is 0 Å². The molecule has 1 aliphatic carbocycles. The summed E-state index contributed by atoms with van der Waals surface area (Å²) in [5.41, 5.74) is 0. The monoisotopic (exact) mass is 166 g/mol. The molecule has 3 rings (SSSR count). The molecule has 2 saturated heterocycles. The average Bonchev–Trinajstić information content (AvgIpc) is 2.69. The van der Waals surface area contributed by atoms with E-state index in [1.54, 1.807) is 0 Å². The molecule has 0 aromatic rings. The van der Waals surface area contributed by atoms with Crippen LogP contribution < -0.4 is 5.32 Å². The number of fused-ring (bicyclic) bond motifs is 1. The Morgan fingerprint density at radius 2 is 2.00 bits per heavy atom. The van der Waals surface area contributed by atoms with E-state index in [0.717, 1.165) is 23.8 Å². The highest BCUT2D eigenvalue weighted by Crippen LogP contribution is 2.42. The number of hydrogen-bond acceptors (Lipinski definition) is 2. The van der Waals surface area contributed by atoms with Crippen molar-refractivity contribution < 1.29 is 0 Å². The van der Waals surface area contributed by atoms with Crippen molar-refractivity contribution in [3.8, 4) is 0 Å². The van der Waals surface area contributed by atoms with Gasteiger partial charge in [0, 0.05) is 19.1 Å². The van der Waals surface area contributed by atoms with Crippen LogP contribution in [-0.2, 0) is 0 Å². The summed E-state index contributed by atoms with van der Waals surface area (Å²) in [5.74, 6) is 3.01. The first-order chi connectivity index (χ1) is 5.84. The van der Waals surface area contributed by atoms with Gasteiger partial charge in [0.15, 0.2) is 0 Å². The van der Waals surface area contributed by atoms with Gasteiger partial charge in [0.1, 0.15) is 0 Å². The lowest BCUT2D eigenvalue weighted by molar-refractivity contribution is 0.342. The Hall–Kier alpha value is -0.0800. The Kier molecular flexibility index (Phi) is 1.50. The van der Waals surface area contributed by atoms with Crippen molar-refractivity contribution in [1.29, 1.82) is 0 Å². The summed E-state index contributed by atoms with van der Waals surface area (Å²) in [6.45, 7) is 3.97. The summed E-state index contributed by atoms with van der Waals surface area (Å²) >= 11 is 0. The van der Waals surface area contributed by atoms with Crippen molar-refractivity contribution in [2.75, 3.05) is 26.7 Å². The summed E-state index contributed by atoms with van der Waals surface area (Å²) < 4.78 is 0. The molecular formula is C10H18N2. The highest BCUT2D eigenvalue weighted by Gasteiger charge is 2.47. The zero-order valence-electron chi connectivity index (χ0n) is 7.79. The van der Waals surface area contributed by atoms with Crippen LogP contribution in [0, 0.1) is 17.8 Å². The number of nitrogens with zero attached hydrogens (tertiary/aromatic N) is 1. The van der Waals surface area contributed by atoms with Gasteiger partial charge in [-0.25, -0.2) is 0 Å². The molecule has 3 aliphatic rings. The first kappa shape index (κ1) is 7.34. The van der Waals surface area contributed by atoms with Gasteiger partial charge >= 0.3 is 0 Å². The van der Waals surface area contributed by atoms with E-state index < -0.39 is 0 Å². The van der Waals surface area contributed by atoms with Gasteiger partial charge in [0.05, 0.1) is 0 Å². The van der Waals surface area contributed by atoms with Crippen molar-refractivity contribution in [3.63, 3.8) is 0 Å². The minimum atomic E-state index is 0.889. The number of rotatable bonds is 1. The molecule has 2 heteroatoms. The van der Waals surface area contributed by atoms with Gasteiger partial charge < -0.3 is 10.2 Å². The number of nitrogens with one attached hydrogen (secondary N) is 1. The number of hydrogen-bond donors (Lipinski definition) is 1. The quantitative estimate of drug-likeness (QED) is 0.612. The van der Waals surface area contributed by atoms with Crippen LogP contribution in [0.4, 0.5) is 0 Å². The molecule has 0 spiro atoms. The van der Waals surface area contributed by atoms with Crippen molar-refractivity contribution in [3.05, 3.63) is 0 Å². The first-order valence-electron chi connectivity index (χ1n) is 5.26. The van der Waals surface area contributed by atoms with E-state index >= 15 is 0 Å². The molecule has 3 atom stereocenters. The molecule has 0 bridgehead atoms. The fourth-order valence-corrected chi connectivity index (χ4v) is 3.15. The zero-order chi connectivity index (χ0) is 8.13. The second-order valence-electron chi connectivity index (χ2n) is 4.92. The smallest absolute Gasteiger partial charge is 0.0139 e. The van der Waals surface area contributed by atoms with Crippen LogP contribution in [0.25, 0.3) is 0 Å². The van der Waals surface area contributed by atoms with Crippen LogP contribution >= 0.6 is 0 Å². The molecule has 1 N–H and O–H groups in total. The maximum atomic E-state index is 3.71. The molecule has 2 heterocycles. The molecule has 0 unspecified atom stereocenters. The van der Waals surface area contributed by atoms with E-state index in [2.05, 4.69) is 17.3 Å². The lowest BCUT2D eigenvalue weighted by Crippen LogP contribution is -2.32. The van der Waals surface area contributed by atoms with Crippen molar-refractivity contribution in [2.24, 2.45) is 17.8 Å². The van der Waals surface area contributed by atoms with Crippen LogP contribution in [-0.4, -0.2) is 37.6 Å². The summed E-state index contributed by atoms with van der Waals surface area (Å²) in [5, 5.41) is 3.71. The van der Waals surface area contributed by atoms with Gasteiger partial charge in [0.2, 0.25) is 0 Å². The van der Waals surface area contributed by atoms with E-state index in [0.29, 0.717) is 0 Å². The maximum Gasteiger partial charge on any atom is 0.0139 e. The molecule has 12 heavy (non-hydrogen) atoms. The molecule has 0 amide bonds. The fraction of sp³-hybridized carbons (Fsp3) is 1.00. The third-order valence-corrected chi connectivity index (χ3v) is 3.88. The second-order valence-corrected chi connectivity index (χ2v) is 4.92. The van der Waals surface area contributed by atoms with Crippen molar-refractivity contribution >= 4 is 0 Å². The zero-order valence-corrected chi connectivity index (χ0v) is 7.79. The largest absolute Gasteiger partial charge is 0.313 e. The number of likely N-dealkylation sites (tertiary alicyclic amines) is 1. The van der Waals surface area contributed by atoms with Gasteiger partial charge in [-0.05, 0) is 44.2 Å². The molecule has 3 fully saturated rings. The Morgan fingerprint density at radius 1 is 1.17 bits per heavy atom. The molecule has 2 nitrogen and oxygen atoms in total. The van der Waals surface area contributed by atoms with Crippen LogP contribution in [0.2, 0.25) is 0 Å². The van der Waals surface area contributed by atoms with E-state index in [9.17, 15) is 0 Å². The molecular weight excluding hydrogens is 148 g/mol. The van der Waals surface area contributed by atoms with Gasteiger partial charge in [-0.1, -0.05) is 0 Å². The maximum absolute atomic E-state index is 3.71. The van der Waals surface area contributed by atoms with Crippen LogP contribution in [0.3, 0.4) is 0 Å². The molecule has 1 saturated carbocycles. The Balaban J connectivity index is 1.73. The van der Waals surface area contributed by atoms with Gasteiger partial charge in [-0.3, -0.25) is 0 Å². The van der Waals surface area contributed by atoms with E-state index in [1.165, 1.54) is 32.5 Å². The van der Waals surface area contributed by atoms with Crippen LogP contribution in [0.1, 0.15) is 12.8 Å².